The molecule has 4 rings (SSSR count). The first-order valence-electron chi connectivity index (χ1n) is 10.9. The number of fused-ring (bicyclic) bond motifs is 1. The molecular formula is C28H26FNO3. The van der Waals surface area contributed by atoms with E-state index in [0.29, 0.717) is 23.6 Å². The fourth-order valence-corrected chi connectivity index (χ4v) is 3.98. The zero-order valence-corrected chi connectivity index (χ0v) is 19.2. The number of carbonyl (C=O) groups is 1. The normalized spacial score (nSPS) is 11.6. The largest absolute Gasteiger partial charge is 0.493 e. The van der Waals surface area contributed by atoms with Crippen LogP contribution in [0, 0.1) is 19.7 Å². The molecule has 0 atom stereocenters. The summed E-state index contributed by atoms with van der Waals surface area (Å²) in [5, 5.41) is 3.65. The van der Waals surface area contributed by atoms with Gasteiger partial charge in [0, 0.05) is 34.3 Å². The summed E-state index contributed by atoms with van der Waals surface area (Å²) in [5.41, 5.74) is 7.09. The Morgan fingerprint density at radius 1 is 1.09 bits per heavy atom. The van der Waals surface area contributed by atoms with Crippen molar-refractivity contribution in [2.45, 2.75) is 27.7 Å². The van der Waals surface area contributed by atoms with Crippen molar-refractivity contribution in [3.63, 3.8) is 0 Å². The molecule has 0 bridgehead atoms. The molecular weight excluding hydrogens is 417 g/mol. The number of allylic oxidation sites excluding steroid dienone is 1. The number of hydrogen-bond donors (Lipinski definition) is 1. The Morgan fingerprint density at radius 3 is 2.64 bits per heavy atom. The number of ether oxygens (including phenoxy) is 1. The van der Waals surface area contributed by atoms with Crippen LogP contribution in [0.2, 0.25) is 0 Å². The maximum Gasteiger partial charge on any atom is 0.248 e. The summed E-state index contributed by atoms with van der Waals surface area (Å²) in [6, 6.07) is 16.0. The molecule has 168 valence electrons. The Bertz CT molecular complexity index is 1370. The van der Waals surface area contributed by atoms with Crippen LogP contribution in [0.1, 0.15) is 30.5 Å². The molecule has 0 fully saturated rings. The summed E-state index contributed by atoms with van der Waals surface area (Å²) in [6.07, 6.45) is 3.25. The standard InChI is InChI=1S/C28H26FNO3/c1-5-32-26-15-27-24(25(16-33-27)22-10-9-17(2)11-18(22)3)14-23(26)19(4)12-28(31)30-21-8-6-7-20(29)13-21/h6-16H,5H2,1-4H3,(H,30,31)/b19-12+. The number of nitrogens with one attached hydrogen (secondary N) is 1. The second-order valence-electron chi connectivity index (χ2n) is 8.07. The Hall–Kier alpha value is -3.86. The van der Waals surface area contributed by atoms with E-state index in [-0.39, 0.29) is 5.91 Å². The van der Waals surface area contributed by atoms with Gasteiger partial charge in [0.1, 0.15) is 17.1 Å². The number of carbonyl (C=O) groups excluding carboxylic acids is 1. The smallest absolute Gasteiger partial charge is 0.248 e. The average Bonchev–Trinajstić information content (AvgIpc) is 3.16. The first kappa shape index (κ1) is 22.3. The molecule has 0 aliphatic heterocycles. The molecule has 33 heavy (non-hydrogen) atoms. The quantitative estimate of drug-likeness (QED) is 0.318. The lowest BCUT2D eigenvalue weighted by Gasteiger charge is -2.12. The fraction of sp³-hybridized carbons (Fsp3) is 0.179. The second kappa shape index (κ2) is 9.33. The highest BCUT2D eigenvalue weighted by molar-refractivity contribution is 6.05. The van der Waals surface area contributed by atoms with E-state index in [1.807, 2.05) is 26.0 Å². The van der Waals surface area contributed by atoms with Gasteiger partial charge in [0.2, 0.25) is 5.91 Å². The SMILES string of the molecule is CCOc1cc2occ(-c3ccc(C)cc3C)c2cc1/C(C)=C/C(=O)Nc1cccc(F)c1. The first-order valence-corrected chi connectivity index (χ1v) is 10.9. The number of benzene rings is 3. The van der Waals surface area contributed by atoms with Crippen molar-refractivity contribution in [3.8, 4) is 16.9 Å². The number of rotatable bonds is 6. The highest BCUT2D eigenvalue weighted by Gasteiger charge is 2.16. The van der Waals surface area contributed by atoms with Gasteiger partial charge in [-0.05, 0) is 68.7 Å². The van der Waals surface area contributed by atoms with Gasteiger partial charge in [-0.3, -0.25) is 4.79 Å². The average molecular weight is 444 g/mol. The van der Waals surface area contributed by atoms with Crippen LogP contribution in [0.4, 0.5) is 10.1 Å². The lowest BCUT2D eigenvalue weighted by Crippen LogP contribution is -2.09. The maximum absolute atomic E-state index is 13.4. The van der Waals surface area contributed by atoms with E-state index in [0.717, 1.165) is 33.2 Å². The minimum atomic E-state index is -0.406. The van der Waals surface area contributed by atoms with Crippen LogP contribution in [-0.4, -0.2) is 12.5 Å². The van der Waals surface area contributed by atoms with E-state index in [1.54, 1.807) is 18.4 Å². The number of halogens is 1. The summed E-state index contributed by atoms with van der Waals surface area (Å²) < 4.78 is 25.2. The van der Waals surface area contributed by atoms with Gasteiger partial charge in [-0.1, -0.05) is 29.8 Å². The molecule has 1 amide bonds. The van der Waals surface area contributed by atoms with Crippen LogP contribution < -0.4 is 10.1 Å². The van der Waals surface area contributed by atoms with E-state index >= 15 is 0 Å². The zero-order valence-electron chi connectivity index (χ0n) is 19.2. The molecule has 5 heteroatoms. The molecule has 4 nitrogen and oxygen atoms in total. The van der Waals surface area contributed by atoms with Gasteiger partial charge in [0.05, 0.1) is 12.9 Å². The molecule has 0 unspecified atom stereocenters. The van der Waals surface area contributed by atoms with Crippen molar-refractivity contribution in [3.05, 3.63) is 89.4 Å². The third-order valence-corrected chi connectivity index (χ3v) is 5.51. The molecule has 0 aliphatic rings. The van der Waals surface area contributed by atoms with Crippen LogP contribution in [0.15, 0.2) is 71.4 Å². The number of anilines is 1. The van der Waals surface area contributed by atoms with Gasteiger partial charge in [0.15, 0.2) is 0 Å². The third-order valence-electron chi connectivity index (χ3n) is 5.51. The van der Waals surface area contributed by atoms with E-state index in [1.165, 1.54) is 23.8 Å². The third kappa shape index (κ3) is 4.82. The maximum atomic E-state index is 13.4. The molecule has 0 spiro atoms. The summed E-state index contributed by atoms with van der Waals surface area (Å²) in [7, 11) is 0. The lowest BCUT2D eigenvalue weighted by atomic mass is 9.96. The van der Waals surface area contributed by atoms with Crippen molar-refractivity contribution in [1.29, 1.82) is 0 Å². The number of amides is 1. The summed E-state index contributed by atoms with van der Waals surface area (Å²) in [5.74, 6) is -0.113. The van der Waals surface area contributed by atoms with Crippen molar-refractivity contribution in [1.82, 2.24) is 0 Å². The molecule has 3 aromatic carbocycles. The highest BCUT2D eigenvalue weighted by atomic mass is 19.1. The predicted molar refractivity (Wildman–Crippen MR) is 131 cm³/mol. The fourth-order valence-electron chi connectivity index (χ4n) is 3.98. The first-order chi connectivity index (χ1) is 15.9. The van der Waals surface area contributed by atoms with Gasteiger partial charge < -0.3 is 14.5 Å². The lowest BCUT2D eigenvalue weighted by molar-refractivity contribution is -0.111. The van der Waals surface area contributed by atoms with Crippen molar-refractivity contribution in [2.75, 3.05) is 11.9 Å². The Balaban J connectivity index is 1.75. The van der Waals surface area contributed by atoms with Crippen LogP contribution in [0.5, 0.6) is 5.75 Å². The monoisotopic (exact) mass is 443 g/mol. The minimum absolute atomic E-state index is 0.345. The molecule has 0 radical (unpaired) electrons. The molecule has 0 saturated carbocycles. The van der Waals surface area contributed by atoms with E-state index in [2.05, 4.69) is 37.4 Å². The molecule has 0 aliphatic carbocycles. The molecule has 0 saturated heterocycles. The highest BCUT2D eigenvalue weighted by Crippen LogP contribution is 2.38. The van der Waals surface area contributed by atoms with Gasteiger partial charge in [-0.15, -0.1) is 0 Å². The van der Waals surface area contributed by atoms with Crippen LogP contribution >= 0.6 is 0 Å². The Morgan fingerprint density at radius 2 is 1.91 bits per heavy atom. The zero-order chi connectivity index (χ0) is 23.5. The van der Waals surface area contributed by atoms with E-state index < -0.39 is 5.82 Å². The van der Waals surface area contributed by atoms with Crippen LogP contribution in [0.25, 0.3) is 27.7 Å². The molecule has 4 aromatic rings. The second-order valence-corrected chi connectivity index (χ2v) is 8.07. The topological polar surface area (TPSA) is 51.5 Å². The number of aryl methyl sites for hydroxylation is 2. The summed E-state index contributed by atoms with van der Waals surface area (Å²) in [4.78, 5) is 12.6. The number of hydrogen-bond acceptors (Lipinski definition) is 3. The molecule has 1 N–H and O–H groups in total. The van der Waals surface area contributed by atoms with Gasteiger partial charge >= 0.3 is 0 Å². The number of furan rings is 1. The summed E-state index contributed by atoms with van der Waals surface area (Å²) in [6.45, 7) is 8.39. The van der Waals surface area contributed by atoms with Gasteiger partial charge in [-0.25, -0.2) is 4.39 Å². The Labute approximate surface area is 192 Å². The van der Waals surface area contributed by atoms with Crippen molar-refractivity contribution >= 4 is 28.1 Å². The van der Waals surface area contributed by atoms with E-state index in [4.69, 9.17) is 9.15 Å². The summed E-state index contributed by atoms with van der Waals surface area (Å²) >= 11 is 0. The van der Waals surface area contributed by atoms with Crippen LogP contribution in [0.3, 0.4) is 0 Å². The predicted octanol–water partition coefficient (Wildman–Crippen LogP) is 7.30. The molecule has 1 heterocycles. The van der Waals surface area contributed by atoms with Crippen LogP contribution in [-0.2, 0) is 4.79 Å². The van der Waals surface area contributed by atoms with Crippen molar-refractivity contribution in [2.24, 2.45) is 0 Å². The van der Waals surface area contributed by atoms with Gasteiger partial charge in [0.25, 0.3) is 0 Å². The Kier molecular flexibility index (Phi) is 6.31. The van der Waals surface area contributed by atoms with E-state index in [9.17, 15) is 9.18 Å². The molecule has 1 aromatic heterocycles. The minimum Gasteiger partial charge on any atom is -0.493 e. The van der Waals surface area contributed by atoms with Gasteiger partial charge in [-0.2, -0.15) is 0 Å². The van der Waals surface area contributed by atoms with Crippen molar-refractivity contribution < 1.29 is 18.3 Å².